The second-order valence-corrected chi connectivity index (χ2v) is 7.19. The van der Waals surface area contributed by atoms with E-state index in [1.54, 1.807) is 18.5 Å². The maximum absolute atomic E-state index is 12.3. The zero-order valence-corrected chi connectivity index (χ0v) is 15.6. The second kappa shape index (κ2) is 8.33. The molecule has 3 rings (SSSR count). The number of hydrogen-bond donors (Lipinski definition) is 2. The lowest BCUT2D eigenvalue weighted by atomic mass is 10.1. The molecule has 2 N–H and O–H groups in total. The first-order valence-corrected chi connectivity index (χ1v) is 9.44. The third kappa shape index (κ3) is 4.41. The normalized spacial score (nSPS) is 18.0. The largest absolute Gasteiger partial charge is 0.353 e. The van der Waals surface area contributed by atoms with Gasteiger partial charge in [0.2, 0.25) is 11.8 Å². The predicted octanol–water partition coefficient (Wildman–Crippen LogP) is 0.815. The lowest BCUT2D eigenvalue weighted by Gasteiger charge is -2.37. The molecule has 2 aromatic rings. The molecule has 2 aromatic heterocycles. The molecule has 9 heteroatoms. The van der Waals surface area contributed by atoms with E-state index in [2.05, 4.69) is 30.5 Å². The lowest BCUT2D eigenvalue weighted by Crippen LogP contribution is -2.58. The Morgan fingerprint density at radius 2 is 2.19 bits per heavy atom. The average molecular weight is 374 g/mol. The Bertz CT molecular complexity index is 764. The highest BCUT2D eigenvalue weighted by Gasteiger charge is 2.32. The first-order valence-electron chi connectivity index (χ1n) is 8.56. The molecule has 1 fully saturated rings. The predicted molar refractivity (Wildman–Crippen MR) is 98.2 cm³/mol. The van der Waals surface area contributed by atoms with Gasteiger partial charge < -0.3 is 10.6 Å². The molecule has 138 valence electrons. The SMILES string of the molecule is CC(C)N1CCNC(=O)C1CC(=O)NCc1csc(-c2ncccn2)n1. The van der Waals surface area contributed by atoms with E-state index in [1.165, 1.54) is 11.3 Å². The summed E-state index contributed by atoms with van der Waals surface area (Å²) in [5.41, 5.74) is 0.750. The highest BCUT2D eigenvalue weighted by molar-refractivity contribution is 7.13. The van der Waals surface area contributed by atoms with Crippen molar-refractivity contribution in [2.24, 2.45) is 0 Å². The molecule has 1 unspecified atom stereocenters. The molecule has 0 bridgehead atoms. The molecular weight excluding hydrogens is 352 g/mol. The van der Waals surface area contributed by atoms with E-state index in [0.717, 1.165) is 12.2 Å². The van der Waals surface area contributed by atoms with E-state index >= 15 is 0 Å². The number of piperazine rings is 1. The van der Waals surface area contributed by atoms with E-state index in [9.17, 15) is 9.59 Å². The summed E-state index contributed by atoms with van der Waals surface area (Å²) in [7, 11) is 0. The van der Waals surface area contributed by atoms with Crippen LogP contribution < -0.4 is 10.6 Å². The maximum Gasteiger partial charge on any atom is 0.237 e. The fraction of sp³-hybridized carbons (Fsp3) is 0.471. The van der Waals surface area contributed by atoms with Crippen LogP contribution in [0.2, 0.25) is 0 Å². The van der Waals surface area contributed by atoms with Gasteiger partial charge in [-0.3, -0.25) is 14.5 Å². The molecule has 1 aliphatic rings. The van der Waals surface area contributed by atoms with E-state index in [1.807, 2.05) is 19.2 Å². The summed E-state index contributed by atoms with van der Waals surface area (Å²) >= 11 is 1.43. The van der Waals surface area contributed by atoms with Crippen molar-refractivity contribution in [1.82, 2.24) is 30.5 Å². The molecule has 1 saturated heterocycles. The van der Waals surface area contributed by atoms with Crippen LogP contribution in [0.25, 0.3) is 10.8 Å². The van der Waals surface area contributed by atoms with Gasteiger partial charge in [-0.1, -0.05) is 0 Å². The molecule has 3 heterocycles. The molecule has 2 amide bonds. The summed E-state index contributed by atoms with van der Waals surface area (Å²) in [6.45, 7) is 5.77. The van der Waals surface area contributed by atoms with Gasteiger partial charge in [0, 0.05) is 36.9 Å². The number of nitrogens with zero attached hydrogens (tertiary/aromatic N) is 4. The quantitative estimate of drug-likeness (QED) is 0.776. The van der Waals surface area contributed by atoms with Gasteiger partial charge in [-0.05, 0) is 19.9 Å². The molecule has 0 spiro atoms. The van der Waals surface area contributed by atoms with Crippen LogP contribution in [0.3, 0.4) is 0 Å². The van der Waals surface area contributed by atoms with Crippen LogP contribution in [-0.2, 0) is 16.1 Å². The number of nitrogens with one attached hydrogen (secondary N) is 2. The Balaban J connectivity index is 1.55. The third-order valence-electron chi connectivity index (χ3n) is 4.19. The van der Waals surface area contributed by atoms with E-state index in [-0.39, 0.29) is 24.3 Å². The highest BCUT2D eigenvalue weighted by Crippen LogP contribution is 2.19. The first kappa shape index (κ1) is 18.4. The summed E-state index contributed by atoms with van der Waals surface area (Å²) in [5, 5.41) is 8.27. The highest BCUT2D eigenvalue weighted by atomic mass is 32.1. The van der Waals surface area contributed by atoms with Crippen LogP contribution in [0.1, 0.15) is 26.0 Å². The van der Waals surface area contributed by atoms with Crippen molar-refractivity contribution in [3.63, 3.8) is 0 Å². The van der Waals surface area contributed by atoms with Gasteiger partial charge in [-0.2, -0.15) is 0 Å². The van der Waals surface area contributed by atoms with E-state index in [0.29, 0.717) is 23.9 Å². The fourth-order valence-corrected chi connectivity index (χ4v) is 3.66. The Morgan fingerprint density at radius 1 is 1.42 bits per heavy atom. The zero-order valence-electron chi connectivity index (χ0n) is 14.8. The minimum absolute atomic E-state index is 0.0859. The minimum Gasteiger partial charge on any atom is -0.353 e. The standard InChI is InChI=1S/C17H22N6O2S/c1-11(2)23-7-6-20-16(25)13(23)8-14(24)21-9-12-10-26-17(22-12)15-18-4-3-5-19-15/h3-5,10-11,13H,6-9H2,1-2H3,(H,20,25)(H,21,24). The second-order valence-electron chi connectivity index (χ2n) is 6.34. The number of rotatable bonds is 6. The zero-order chi connectivity index (χ0) is 18.5. The number of aromatic nitrogens is 3. The number of carbonyl (C=O) groups is 2. The molecule has 1 aliphatic heterocycles. The molecule has 0 saturated carbocycles. The van der Waals surface area contributed by atoms with E-state index < -0.39 is 6.04 Å². The van der Waals surface area contributed by atoms with Gasteiger partial charge in [0.25, 0.3) is 0 Å². The van der Waals surface area contributed by atoms with Gasteiger partial charge in [0.1, 0.15) is 0 Å². The van der Waals surface area contributed by atoms with E-state index in [4.69, 9.17) is 0 Å². The molecule has 1 atom stereocenters. The van der Waals surface area contributed by atoms with Gasteiger partial charge >= 0.3 is 0 Å². The Kier molecular flexibility index (Phi) is 5.89. The van der Waals surface area contributed by atoms with Gasteiger partial charge in [-0.15, -0.1) is 11.3 Å². The monoisotopic (exact) mass is 374 g/mol. The maximum atomic E-state index is 12.3. The summed E-state index contributed by atoms with van der Waals surface area (Å²) in [6.07, 6.45) is 3.48. The topological polar surface area (TPSA) is 100 Å². The first-order chi connectivity index (χ1) is 12.5. The van der Waals surface area contributed by atoms with Crippen LogP contribution in [-0.4, -0.2) is 56.8 Å². The summed E-state index contributed by atoms with van der Waals surface area (Å²) in [6, 6.07) is 1.54. The summed E-state index contributed by atoms with van der Waals surface area (Å²) in [5.74, 6) is 0.321. The number of amides is 2. The van der Waals surface area contributed by atoms with Crippen molar-refractivity contribution in [2.45, 2.75) is 38.9 Å². The number of hydrogen-bond acceptors (Lipinski definition) is 7. The van der Waals surface area contributed by atoms with Crippen molar-refractivity contribution in [2.75, 3.05) is 13.1 Å². The summed E-state index contributed by atoms with van der Waals surface area (Å²) in [4.78, 5) is 39.3. The smallest absolute Gasteiger partial charge is 0.237 e. The van der Waals surface area contributed by atoms with Gasteiger partial charge in [0.15, 0.2) is 10.8 Å². The van der Waals surface area contributed by atoms with Gasteiger partial charge in [-0.25, -0.2) is 15.0 Å². The minimum atomic E-state index is -0.424. The molecular formula is C17H22N6O2S. The average Bonchev–Trinajstić information content (AvgIpc) is 3.11. The van der Waals surface area contributed by atoms with Crippen LogP contribution in [0.5, 0.6) is 0 Å². The number of thiazole rings is 1. The number of carbonyl (C=O) groups excluding carboxylic acids is 2. The Morgan fingerprint density at radius 3 is 2.92 bits per heavy atom. The van der Waals surface area contributed by atoms with Gasteiger partial charge in [0.05, 0.1) is 24.7 Å². The molecule has 0 radical (unpaired) electrons. The van der Waals surface area contributed by atoms with Crippen molar-refractivity contribution in [1.29, 1.82) is 0 Å². The van der Waals surface area contributed by atoms with Crippen molar-refractivity contribution in [3.05, 3.63) is 29.5 Å². The van der Waals surface area contributed by atoms with Crippen molar-refractivity contribution in [3.8, 4) is 10.8 Å². The Hall–Kier alpha value is -2.39. The molecule has 26 heavy (non-hydrogen) atoms. The van der Waals surface area contributed by atoms with Crippen LogP contribution in [0, 0.1) is 0 Å². The van der Waals surface area contributed by atoms with Crippen molar-refractivity contribution < 1.29 is 9.59 Å². The summed E-state index contributed by atoms with van der Waals surface area (Å²) < 4.78 is 0. The fourth-order valence-electron chi connectivity index (χ4n) is 2.90. The third-order valence-corrected chi connectivity index (χ3v) is 5.08. The van der Waals surface area contributed by atoms with Crippen LogP contribution in [0.15, 0.2) is 23.8 Å². The molecule has 0 aliphatic carbocycles. The van der Waals surface area contributed by atoms with Crippen LogP contribution in [0.4, 0.5) is 0 Å². The van der Waals surface area contributed by atoms with Crippen LogP contribution >= 0.6 is 11.3 Å². The Labute approximate surface area is 156 Å². The van der Waals surface area contributed by atoms with Crippen molar-refractivity contribution >= 4 is 23.2 Å². The lowest BCUT2D eigenvalue weighted by molar-refractivity contribution is -0.134. The molecule has 0 aromatic carbocycles. The molecule has 8 nitrogen and oxygen atoms in total.